The second kappa shape index (κ2) is 8.93. The summed E-state index contributed by atoms with van der Waals surface area (Å²) in [6.07, 6.45) is 14.2. The highest BCUT2D eigenvalue weighted by molar-refractivity contribution is 5.66. The van der Waals surface area contributed by atoms with E-state index in [1.165, 1.54) is 44.9 Å². The number of allylic oxidation sites excluding steroid dienone is 1. The normalized spacial score (nSPS) is 47.2. The van der Waals surface area contributed by atoms with Gasteiger partial charge in [-0.15, -0.1) is 0 Å². The highest BCUT2D eigenvalue weighted by Crippen LogP contribution is 2.67. The van der Waals surface area contributed by atoms with Crippen LogP contribution in [0.1, 0.15) is 106 Å². The van der Waals surface area contributed by atoms with Gasteiger partial charge in [0.15, 0.2) is 0 Å². The summed E-state index contributed by atoms with van der Waals surface area (Å²) >= 11 is 0. The highest BCUT2D eigenvalue weighted by atomic mass is 16.5. The molecule has 0 amide bonds. The van der Waals surface area contributed by atoms with Crippen LogP contribution in [0.15, 0.2) is 11.6 Å². The highest BCUT2D eigenvalue weighted by Gasteiger charge is 2.61. The first-order chi connectivity index (χ1) is 16.1. The number of ether oxygens (including phenoxy) is 1. The van der Waals surface area contributed by atoms with Crippen LogP contribution < -0.4 is 5.32 Å². The molecule has 4 aliphatic carbocycles. The van der Waals surface area contributed by atoms with E-state index in [1.807, 2.05) is 0 Å². The minimum absolute atomic E-state index is 0.107. The number of hydrogen-bond acceptors (Lipinski definition) is 3. The third kappa shape index (κ3) is 3.91. The van der Waals surface area contributed by atoms with Gasteiger partial charge >= 0.3 is 5.97 Å². The third-order valence-electron chi connectivity index (χ3n) is 12.1. The van der Waals surface area contributed by atoms with E-state index in [0.29, 0.717) is 10.8 Å². The van der Waals surface area contributed by atoms with Gasteiger partial charge in [-0.3, -0.25) is 4.79 Å². The molecule has 0 aromatic heterocycles. The molecule has 4 fully saturated rings. The van der Waals surface area contributed by atoms with Gasteiger partial charge in [-0.2, -0.15) is 0 Å². The average molecular weight is 470 g/mol. The molecule has 1 saturated heterocycles. The molecule has 1 N–H and O–H groups in total. The van der Waals surface area contributed by atoms with Crippen LogP contribution in [0.2, 0.25) is 0 Å². The summed E-state index contributed by atoms with van der Waals surface area (Å²) in [5.41, 5.74) is 2.47. The number of fused-ring (bicyclic) bond motifs is 5. The Balaban J connectivity index is 1.30. The number of rotatable bonds is 6. The molecule has 0 radical (unpaired) electrons. The number of carbonyl (C=O) groups excluding carboxylic acids is 1. The summed E-state index contributed by atoms with van der Waals surface area (Å²) in [6, 6.07) is 1.50. The van der Waals surface area contributed by atoms with Crippen molar-refractivity contribution in [1.82, 2.24) is 5.32 Å². The molecule has 5 aliphatic rings. The first-order valence-electron chi connectivity index (χ1n) is 14.7. The molecule has 0 aromatic rings. The summed E-state index contributed by atoms with van der Waals surface area (Å²) in [5.74, 6) is 5.75. The maximum Gasteiger partial charge on any atom is 0.302 e. The van der Waals surface area contributed by atoms with Gasteiger partial charge in [0.2, 0.25) is 0 Å². The van der Waals surface area contributed by atoms with E-state index in [-0.39, 0.29) is 12.1 Å². The zero-order chi connectivity index (χ0) is 24.4. The van der Waals surface area contributed by atoms with Gasteiger partial charge in [0.05, 0.1) is 0 Å². The molecule has 34 heavy (non-hydrogen) atoms. The molecule has 0 spiro atoms. The first kappa shape index (κ1) is 24.8. The van der Waals surface area contributed by atoms with Crippen molar-refractivity contribution in [2.45, 2.75) is 124 Å². The minimum atomic E-state index is -0.117. The minimum Gasteiger partial charge on any atom is -0.462 e. The molecule has 0 unspecified atom stereocenters. The van der Waals surface area contributed by atoms with E-state index in [4.69, 9.17) is 4.74 Å². The number of esters is 1. The zero-order valence-corrected chi connectivity index (χ0v) is 23.0. The second-order valence-electron chi connectivity index (χ2n) is 13.9. The van der Waals surface area contributed by atoms with Gasteiger partial charge < -0.3 is 10.1 Å². The Bertz CT molecular complexity index is 818. The molecule has 192 valence electrons. The van der Waals surface area contributed by atoms with Crippen molar-refractivity contribution >= 4 is 5.97 Å². The third-order valence-corrected chi connectivity index (χ3v) is 12.1. The van der Waals surface area contributed by atoms with Gasteiger partial charge in [-0.25, -0.2) is 0 Å². The Labute approximate surface area is 209 Å². The maximum atomic E-state index is 11.5. The van der Waals surface area contributed by atoms with Crippen LogP contribution in [0.25, 0.3) is 0 Å². The van der Waals surface area contributed by atoms with Gasteiger partial charge in [-0.1, -0.05) is 59.6 Å². The Kier molecular flexibility index (Phi) is 6.52. The monoisotopic (exact) mass is 469 g/mol. The van der Waals surface area contributed by atoms with Gasteiger partial charge in [0.1, 0.15) is 6.10 Å². The molecule has 1 heterocycles. The van der Waals surface area contributed by atoms with Crippen molar-refractivity contribution in [3.05, 3.63) is 11.6 Å². The van der Waals surface area contributed by atoms with Crippen LogP contribution in [0.4, 0.5) is 0 Å². The Morgan fingerprint density at radius 2 is 1.85 bits per heavy atom. The second-order valence-corrected chi connectivity index (χ2v) is 13.9. The summed E-state index contributed by atoms with van der Waals surface area (Å²) < 4.78 is 5.64. The fraction of sp³-hybridized carbons (Fsp3) is 0.903. The van der Waals surface area contributed by atoms with Crippen molar-refractivity contribution in [2.75, 3.05) is 0 Å². The van der Waals surface area contributed by atoms with E-state index in [9.17, 15) is 4.79 Å². The van der Waals surface area contributed by atoms with Crippen LogP contribution in [-0.2, 0) is 9.53 Å². The molecule has 0 bridgehead atoms. The average Bonchev–Trinajstić information content (AvgIpc) is 3.47. The standard InChI is InChI=1S/C31H51NO2/c1-8-23(18(2)3)29-28(32-29)19(4)25-11-12-26-24-10-9-21-17-22(34-20(5)33)13-15-30(21,6)27(24)14-16-31(25,26)7/h9,18-19,22-29,32H,8,10-17H2,1-7H3/t19-,22-,23-,24-,25+,26-,27-,28-,29+,30-,31+/m0/s1. The predicted molar refractivity (Wildman–Crippen MR) is 139 cm³/mol. The summed E-state index contributed by atoms with van der Waals surface area (Å²) in [6.45, 7) is 16.6. The van der Waals surface area contributed by atoms with E-state index in [1.54, 1.807) is 12.5 Å². The lowest BCUT2D eigenvalue weighted by molar-refractivity contribution is -0.148. The fourth-order valence-corrected chi connectivity index (χ4v) is 10.3. The van der Waals surface area contributed by atoms with Crippen molar-refractivity contribution in [3.8, 4) is 0 Å². The van der Waals surface area contributed by atoms with Crippen molar-refractivity contribution in [2.24, 2.45) is 52.3 Å². The van der Waals surface area contributed by atoms with Gasteiger partial charge in [0, 0.05) is 25.4 Å². The van der Waals surface area contributed by atoms with Crippen LogP contribution >= 0.6 is 0 Å². The topological polar surface area (TPSA) is 48.2 Å². The van der Waals surface area contributed by atoms with Crippen molar-refractivity contribution in [1.29, 1.82) is 0 Å². The van der Waals surface area contributed by atoms with Gasteiger partial charge in [-0.05, 0) is 97.2 Å². The molecule has 3 heteroatoms. The summed E-state index contributed by atoms with van der Waals surface area (Å²) in [4.78, 5) is 11.5. The largest absolute Gasteiger partial charge is 0.462 e. The van der Waals surface area contributed by atoms with Crippen LogP contribution in [-0.4, -0.2) is 24.2 Å². The van der Waals surface area contributed by atoms with E-state index < -0.39 is 0 Å². The van der Waals surface area contributed by atoms with Crippen LogP contribution in [0.3, 0.4) is 0 Å². The molecule has 0 aromatic carbocycles. The summed E-state index contributed by atoms with van der Waals surface area (Å²) in [5, 5.41) is 3.96. The predicted octanol–water partition coefficient (Wildman–Crippen LogP) is 7.16. The van der Waals surface area contributed by atoms with Crippen molar-refractivity contribution in [3.63, 3.8) is 0 Å². The molecule has 5 rings (SSSR count). The SMILES string of the molecule is CC[C@@H](C(C)C)[C@H]1N[C@H]1[C@@H](C)[C@H]1CC[C@H]2[C@@H]3CC=C4C[C@@H](OC(C)=O)CC[C@]4(C)[C@H]3CC[C@]12C. The summed E-state index contributed by atoms with van der Waals surface area (Å²) in [7, 11) is 0. The molecule has 3 nitrogen and oxygen atoms in total. The Morgan fingerprint density at radius 3 is 2.53 bits per heavy atom. The number of hydrogen-bond donors (Lipinski definition) is 1. The van der Waals surface area contributed by atoms with Crippen LogP contribution in [0.5, 0.6) is 0 Å². The molecular formula is C31H51NO2. The number of nitrogens with one attached hydrogen (secondary N) is 1. The fourth-order valence-electron chi connectivity index (χ4n) is 10.3. The maximum absolute atomic E-state index is 11.5. The lowest BCUT2D eigenvalue weighted by Gasteiger charge is -2.58. The lowest BCUT2D eigenvalue weighted by Crippen LogP contribution is -2.51. The molecule has 3 saturated carbocycles. The first-order valence-corrected chi connectivity index (χ1v) is 14.7. The van der Waals surface area contributed by atoms with E-state index >= 15 is 0 Å². The Hall–Kier alpha value is -0.830. The molecule has 1 aliphatic heterocycles. The van der Waals surface area contributed by atoms with E-state index in [0.717, 1.165) is 66.4 Å². The Morgan fingerprint density at radius 1 is 1.09 bits per heavy atom. The quantitative estimate of drug-likeness (QED) is 0.255. The number of carbonyl (C=O) groups is 1. The molecular weight excluding hydrogens is 418 g/mol. The smallest absolute Gasteiger partial charge is 0.302 e. The van der Waals surface area contributed by atoms with Crippen LogP contribution in [0, 0.1) is 52.3 Å². The van der Waals surface area contributed by atoms with Gasteiger partial charge in [0.25, 0.3) is 0 Å². The lowest BCUT2D eigenvalue weighted by atomic mass is 9.47. The zero-order valence-electron chi connectivity index (χ0n) is 23.0. The van der Waals surface area contributed by atoms with Crippen molar-refractivity contribution < 1.29 is 9.53 Å². The van der Waals surface area contributed by atoms with E-state index in [2.05, 4.69) is 52.9 Å². The molecule has 11 atom stereocenters.